The van der Waals surface area contributed by atoms with Crippen molar-refractivity contribution in [1.82, 2.24) is 9.91 Å². The van der Waals surface area contributed by atoms with Crippen LogP contribution in [-0.2, 0) is 0 Å². The maximum absolute atomic E-state index is 9.94. The third kappa shape index (κ3) is 3.02. The minimum absolute atomic E-state index is 0.111. The van der Waals surface area contributed by atoms with E-state index in [1.165, 1.54) is 0 Å². The highest BCUT2D eigenvalue weighted by atomic mass is 16.6. The van der Waals surface area contributed by atoms with Gasteiger partial charge >= 0.3 is 0 Å². The molecule has 6 heteroatoms. The standard InChI is InChI=1S/C23H27N3O3/c1-3-28-21-9-5-8-18-20-15-19(16-6-4-7-17(27)14-16)24-26(20)23(29-22(18)21)10-12-25(2)13-11-23/h4-9,14,20,27H,3,10-13,15H2,1-2H3. The van der Waals surface area contributed by atoms with E-state index in [-0.39, 0.29) is 11.8 Å². The van der Waals surface area contributed by atoms with E-state index in [0.717, 1.165) is 60.7 Å². The van der Waals surface area contributed by atoms with Gasteiger partial charge in [0.15, 0.2) is 11.5 Å². The molecule has 5 rings (SSSR count). The molecule has 0 saturated carbocycles. The van der Waals surface area contributed by atoms with Crippen LogP contribution in [-0.4, -0.2) is 53.2 Å². The molecule has 1 fully saturated rings. The molecule has 3 heterocycles. The highest BCUT2D eigenvalue weighted by Gasteiger charge is 2.52. The molecule has 0 amide bonds. The van der Waals surface area contributed by atoms with Crippen molar-refractivity contribution in [3.8, 4) is 17.2 Å². The van der Waals surface area contributed by atoms with Gasteiger partial charge in [-0.2, -0.15) is 5.10 Å². The Bertz CT molecular complexity index is 950. The van der Waals surface area contributed by atoms with Gasteiger partial charge in [-0.25, -0.2) is 5.01 Å². The molecule has 3 aliphatic heterocycles. The van der Waals surface area contributed by atoms with E-state index >= 15 is 0 Å². The van der Waals surface area contributed by atoms with Crippen molar-refractivity contribution in [3.63, 3.8) is 0 Å². The molecule has 1 saturated heterocycles. The minimum atomic E-state index is -0.462. The molecule has 6 nitrogen and oxygen atoms in total. The number of fused-ring (bicyclic) bond motifs is 4. The molecule has 1 unspecified atom stereocenters. The zero-order chi connectivity index (χ0) is 20.0. The minimum Gasteiger partial charge on any atom is -0.508 e. The highest BCUT2D eigenvalue weighted by molar-refractivity contribution is 6.02. The Kier molecular flexibility index (Phi) is 4.39. The molecule has 2 aromatic rings. The predicted molar refractivity (Wildman–Crippen MR) is 112 cm³/mol. The zero-order valence-electron chi connectivity index (χ0n) is 17.0. The first kappa shape index (κ1) is 18.3. The number of nitrogens with zero attached hydrogens (tertiary/aromatic N) is 3. The Morgan fingerprint density at radius 3 is 2.76 bits per heavy atom. The van der Waals surface area contributed by atoms with Crippen molar-refractivity contribution in [2.24, 2.45) is 5.10 Å². The van der Waals surface area contributed by atoms with Crippen molar-refractivity contribution in [1.29, 1.82) is 0 Å². The lowest BCUT2D eigenvalue weighted by atomic mass is 9.90. The van der Waals surface area contributed by atoms with Crippen LogP contribution in [0.5, 0.6) is 17.2 Å². The molecular formula is C23H27N3O3. The SMILES string of the molecule is CCOc1cccc2c1OC1(CCN(C)CC1)N1N=C(c3cccc(O)c3)CC21. The molecule has 1 N–H and O–H groups in total. The van der Waals surface area contributed by atoms with Crippen LogP contribution in [0.1, 0.15) is 43.4 Å². The second-order valence-electron chi connectivity index (χ2n) is 8.12. The van der Waals surface area contributed by atoms with Gasteiger partial charge in [-0.1, -0.05) is 24.3 Å². The summed E-state index contributed by atoms with van der Waals surface area (Å²) in [5.74, 6) is 1.95. The van der Waals surface area contributed by atoms with Gasteiger partial charge < -0.3 is 19.5 Å². The second kappa shape index (κ2) is 6.95. The summed E-state index contributed by atoms with van der Waals surface area (Å²) >= 11 is 0. The van der Waals surface area contributed by atoms with Crippen molar-refractivity contribution < 1.29 is 14.6 Å². The summed E-state index contributed by atoms with van der Waals surface area (Å²) < 4.78 is 12.6. The van der Waals surface area contributed by atoms with E-state index in [1.807, 2.05) is 31.2 Å². The average Bonchev–Trinajstić information content (AvgIpc) is 3.18. The number of hydrazone groups is 1. The summed E-state index contributed by atoms with van der Waals surface area (Å²) in [6, 6.07) is 13.6. The van der Waals surface area contributed by atoms with Gasteiger partial charge in [0, 0.05) is 43.5 Å². The fourth-order valence-electron chi connectivity index (χ4n) is 4.70. The number of phenols is 1. The van der Waals surface area contributed by atoms with Gasteiger partial charge in [-0.05, 0) is 32.2 Å². The topological polar surface area (TPSA) is 57.5 Å². The lowest BCUT2D eigenvalue weighted by Crippen LogP contribution is -2.58. The van der Waals surface area contributed by atoms with E-state index in [1.54, 1.807) is 12.1 Å². The smallest absolute Gasteiger partial charge is 0.200 e. The van der Waals surface area contributed by atoms with Crippen LogP contribution in [0.2, 0.25) is 0 Å². The van der Waals surface area contributed by atoms with Gasteiger partial charge in [0.1, 0.15) is 5.75 Å². The van der Waals surface area contributed by atoms with E-state index in [2.05, 4.69) is 23.0 Å². The normalized spacial score (nSPS) is 22.6. The van der Waals surface area contributed by atoms with Crippen LogP contribution in [0, 0.1) is 0 Å². The lowest BCUT2D eigenvalue weighted by Gasteiger charge is -2.51. The van der Waals surface area contributed by atoms with Crippen LogP contribution in [0.15, 0.2) is 47.6 Å². The largest absolute Gasteiger partial charge is 0.508 e. The Hall–Kier alpha value is -2.73. The summed E-state index contributed by atoms with van der Waals surface area (Å²) in [5, 5.41) is 17.2. The molecule has 3 aliphatic rings. The third-order valence-electron chi connectivity index (χ3n) is 6.24. The van der Waals surface area contributed by atoms with Crippen molar-refractivity contribution in [3.05, 3.63) is 53.6 Å². The van der Waals surface area contributed by atoms with Crippen molar-refractivity contribution >= 4 is 5.71 Å². The number of hydrogen-bond donors (Lipinski definition) is 1. The van der Waals surface area contributed by atoms with Gasteiger partial charge in [0.2, 0.25) is 5.72 Å². The third-order valence-corrected chi connectivity index (χ3v) is 6.24. The van der Waals surface area contributed by atoms with Crippen LogP contribution >= 0.6 is 0 Å². The summed E-state index contributed by atoms with van der Waals surface area (Å²) in [5.41, 5.74) is 2.61. The number of para-hydroxylation sites is 1. The maximum atomic E-state index is 9.94. The molecule has 2 aromatic carbocycles. The van der Waals surface area contributed by atoms with Crippen LogP contribution in [0.3, 0.4) is 0 Å². The summed E-state index contributed by atoms with van der Waals surface area (Å²) in [4.78, 5) is 2.34. The molecule has 0 radical (unpaired) electrons. The van der Waals surface area contributed by atoms with Gasteiger partial charge in [-0.15, -0.1) is 0 Å². The molecule has 1 spiro atoms. The Balaban J connectivity index is 1.60. The van der Waals surface area contributed by atoms with Crippen LogP contribution in [0.25, 0.3) is 0 Å². The molecule has 152 valence electrons. The molecule has 0 aromatic heterocycles. The molecular weight excluding hydrogens is 366 g/mol. The number of aromatic hydroxyl groups is 1. The van der Waals surface area contributed by atoms with Crippen LogP contribution in [0.4, 0.5) is 0 Å². The van der Waals surface area contributed by atoms with E-state index < -0.39 is 5.72 Å². The van der Waals surface area contributed by atoms with Crippen LogP contribution < -0.4 is 9.47 Å². The second-order valence-corrected chi connectivity index (χ2v) is 8.12. The van der Waals surface area contributed by atoms with E-state index in [4.69, 9.17) is 14.6 Å². The summed E-state index contributed by atoms with van der Waals surface area (Å²) in [7, 11) is 2.15. The maximum Gasteiger partial charge on any atom is 0.200 e. The quantitative estimate of drug-likeness (QED) is 0.861. The number of rotatable bonds is 3. The van der Waals surface area contributed by atoms with E-state index in [0.29, 0.717) is 6.61 Å². The first-order chi connectivity index (χ1) is 14.1. The molecule has 0 bridgehead atoms. The summed E-state index contributed by atoms with van der Waals surface area (Å²) in [6.45, 7) is 4.53. The first-order valence-electron chi connectivity index (χ1n) is 10.4. The van der Waals surface area contributed by atoms with E-state index in [9.17, 15) is 5.11 Å². The van der Waals surface area contributed by atoms with Gasteiger partial charge in [-0.3, -0.25) is 0 Å². The highest BCUT2D eigenvalue weighted by Crippen LogP contribution is 2.52. The number of piperidine rings is 1. The zero-order valence-corrected chi connectivity index (χ0v) is 17.0. The predicted octanol–water partition coefficient (Wildman–Crippen LogP) is 3.76. The summed E-state index contributed by atoms with van der Waals surface area (Å²) in [6.07, 6.45) is 2.56. The Morgan fingerprint density at radius 2 is 2.00 bits per heavy atom. The number of likely N-dealkylation sites (tertiary alicyclic amines) is 1. The molecule has 1 atom stereocenters. The Morgan fingerprint density at radius 1 is 1.21 bits per heavy atom. The number of benzene rings is 2. The Labute approximate surface area is 171 Å². The average molecular weight is 393 g/mol. The number of phenolic OH excluding ortho intramolecular Hbond substituents is 1. The van der Waals surface area contributed by atoms with Crippen molar-refractivity contribution in [2.75, 3.05) is 26.7 Å². The van der Waals surface area contributed by atoms with Gasteiger partial charge in [0.05, 0.1) is 18.4 Å². The lowest BCUT2D eigenvalue weighted by molar-refractivity contribution is -0.148. The fourth-order valence-corrected chi connectivity index (χ4v) is 4.70. The fraction of sp³-hybridized carbons (Fsp3) is 0.435. The van der Waals surface area contributed by atoms with Gasteiger partial charge in [0.25, 0.3) is 0 Å². The molecule has 0 aliphatic carbocycles. The number of ether oxygens (including phenoxy) is 2. The first-order valence-corrected chi connectivity index (χ1v) is 10.4. The molecule has 29 heavy (non-hydrogen) atoms. The number of hydrogen-bond acceptors (Lipinski definition) is 6. The van der Waals surface area contributed by atoms with Crippen molar-refractivity contribution in [2.45, 2.75) is 38.0 Å². The monoisotopic (exact) mass is 393 g/mol.